The van der Waals surface area contributed by atoms with Crippen LogP contribution in [0, 0.1) is 17.8 Å². The lowest BCUT2D eigenvalue weighted by Crippen LogP contribution is -2.46. The molecule has 34 heavy (non-hydrogen) atoms. The second-order valence-corrected chi connectivity index (χ2v) is 11.3. The Morgan fingerprint density at radius 1 is 1.21 bits per heavy atom. The monoisotopic (exact) mass is 497 g/mol. The van der Waals surface area contributed by atoms with Crippen molar-refractivity contribution in [1.29, 1.82) is 0 Å². The van der Waals surface area contributed by atoms with Crippen LogP contribution >= 0.6 is 0 Å². The van der Waals surface area contributed by atoms with E-state index in [0.717, 1.165) is 12.8 Å². The number of nitrogens with zero attached hydrogens (tertiary/aromatic N) is 1. The zero-order chi connectivity index (χ0) is 24.3. The van der Waals surface area contributed by atoms with Gasteiger partial charge in [0.05, 0.1) is 24.7 Å². The van der Waals surface area contributed by atoms with Gasteiger partial charge in [-0.05, 0) is 49.4 Å². The number of rotatable bonds is 11. The molecule has 11 heteroatoms. The van der Waals surface area contributed by atoms with Crippen LogP contribution in [0.3, 0.4) is 0 Å². The number of carbonyl (C=O) groups is 1. The minimum atomic E-state index is -3.73. The minimum absolute atomic E-state index is 0.0871. The zero-order valence-corrected chi connectivity index (χ0v) is 20.8. The number of carbonyl (C=O) groups excluding carboxylic acids is 1. The molecule has 190 valence electrons. The van der Waals surface area contributed by atoms with Crippen LogP contribution in [0.15, 0.2) is 29.2 Å². The average molecular weight is 498 g/mol. The van der Waals surface area contributed by atoms with Gasteiger partial charge in [0.2, 0.25) is 0 Å². The maximum absolute atomic E-state index is 12.8. The number of methoxy groups -OCH3 is 1. The lowest BCUT2D eigenvalue weighted by molar-refractivity contribution is -0.153. The van der Waals surface area contributed by atoms with E-state index in [1.54, 1.807) is 17.1 Å². The Morgan fingerprint density at radius 3 is 2.68 bits per heavy atom. The number of sulfonamides is 1. The molecule has 1 saturated carbocycles. The second-order valence-electron chi connectivity index (χ2n) is 9.63. The fraction of sp³-hybridized carbons (Fsp3) is 0.696. The first-order chi connectivity index (χ1) is 16.2. The van der Waals surface area contributed by atoms with E-state index in [0.29, 0.717) is 44.3 Å². The van der Waals surface area contributed by atoms with Crippen molar-refractivity contribution in [3.8, 4) is 5.75 Å². The van der Waals surface area contributed by atoms with E-state index >= 15 is 0 Å². The summed E-state index contributed by atoms with van der Waals surface area (Å²) >= 11 is 0. The van der Waals surface area contributed by atoms with Gasteiger partial charge in [0.1, 0.15) is 11.9 Å². The highest BCUT2D eigenvalue weighted by atomic mass is 32.2. The first-order valence-electron chi connectivity index (χ1n) is 11.9. The van der Waals surface area contributed by atoms with Gasteiger partial charge >= 0.3 is 6.09 Å². The maximum Gasteiger partial charge on any atom is 0.407 e. The highest BCUT2D eigenvalue weighted by Crippen LogP contribution is 2.46. The Kier molecular flexibility index (Phi) is 7.98. The van der Waals surface area contributed by atoms with Gasteiger partial charge in [-0.1, -0.05) is 13.8 Å². The second kappa shape index (κ2) is 10.8. The molecule has 5 atom stereocenters. The molecule has 3 fully saturated rings. The average Bonchev–Trinajstić information content (AvgIpc) is 3.09. The Hall–Kier alpha value is -1.92. The van der Waals surface area contributed by atoms with Crippen LogP contribution in [0.5, 0.6) is 5.75 Å². The molecule has 4 rings (SSSR count). The number of benzene rings is 1. The van der Waals surface area contributed by atoms with E-state index in [4.69, 9.17) is 18.9 Å². The summed E-state index contributed by atoms with van der Waals surface area (Å²) in [5.41, 5.74) is 0. The van der Waals surface area contributed by atoms with E-state index in [1.165, 1.54) is 19.2 Å². The fourth-order valence-corrected chi connectivity index (χ4v) is 6.05. The number of hydrogen-bond acceptors (Lipinski definition) is 8. The van der Waals surface area contributed by atoms with Gasteiger partial charge in [0, 0.05) is 31.5 Å². The number of alkyl carbamates (subject to hydrolysis) is 1. The molecule has 5 unspecified atom stereocenters. The predicted octanol–water partition coefficient (Wildman–Crippen LogP) is 2.11. The Labute approximate surface area is 201 Å². The molecule has 2 N–H and O–H groups in total. The standard InChI is InChI=1S/C23H35N3O7S/c1-15(2)13-26(25-34(28,29)19-7-5-18(30-3)6-8-19)10-4-9-24-23(27)33-21-17-11-16-12-20(21)32-22(16)31-14-17/h5-8,15-17,20-22,25H,4,9-14H2,1-3H3,(H,24,27). The van der Waals surface area contributed by atoms with Crippen molar-refractivity contribution in [3.05, 3.63) is 24.3 Å². The van der Waals surface area contributed by atoms with E-state index in [9.17, 15) is 13.2 Å². The first kappa shape index (κ1) is 25.2. The van der Waals surface area contributed by atoms with Gasteiger partial charge in [0.15, 0.2) is 6.29 Å². The maximum atomic E-state index is 12.8. The summed E-state index contributed by atoms with van der Waals surface area (Å²) in [7, 11) is -2.20. The van der Waals surface area contributed by atoms with Crippen molar-refractivity contribution in [2.45, 2.75) is 56.5 Å². The molecular weight excluding hydrogens is 462 g/mol. The van der Waals surface area contributed by atoms with Crippen LogP contribution in [0.2, 0.25) is 0 Å². The molecule has 2 saturated heterocycles. The van der Waals surface area contributed by atoms with Gasteiger partial charge in [-0.15, -0.1) is 4.83 Å². The summed E-state index contributed by atoms with van der Waals surface area (Å²) in [4.78, 5) is 15.2. The topological polar surface area (TPSA) is 115 Å². The molecule has 3 aliphatic rings. The van der Waals surface area contributed by atoms with Crippen LogP contribution in [0.25, 0.3) is 0 Å². The summed E-state index contributed by atoms with van der Waals surface area (Å²) in [6.07, 6.45) is 1.40. The molecule has 0 radical (unpaired) electrons. The van der Waals surface area contributed by atoms with Crippen molar-refractivity contribution >= 4 is 16.1 Å². The molecule has 10 nitrogen and oxygen atoms in total. The third-order valence-corrected chi connectivity index (χ3v) is 7.85. The Morgan fingerprint density at radius 2 is 1.97 bits per heavy atom. The third-order valence-electron chi connectivity index (χ3n) is 6.46. The van der Waals surface area contributed by atoms with E-state index < -0.39 is 16.1 Å². The van der Waals surface area contributed by atoms with E-state index in [1.807, 2.05) is 13.8 Å². The Bertz CT molecular complexity index is 932. The van der Waals surface area contributed by atoms with Gasteiger partial charge < -0.3 is 24.3 Å². The van der Waals surface area contributed by atoms with Crippen LogP contribution in [0.4, 0.5) is 4.79 Å². The minimum Gasteiger partial charge on any atom is -0.497 e. The SMILES string of the molecule is COc1ccc(S(=O)(=O)NN(CCCNC(=O)OC2C3COC4OC2CC4C3)CC(C)C)cc1. The molecule has 1 aliphatic carbocycles. The van der Waals surface area contributed by atoms with Crippen molar-refractivity contribution < 1.29 is 32.2 Å². The normalized spacial score (nSPS) is 27.9. The van der Waals surface area contributed by atoms with Crippen molar-refractivity contribution in [2.75, 3.05) is 33.4 Å². The molecule has 2 heterocycles. The summed E-state index contributed by atoms with van der Waals surface area (Å²) in [6.45, 7) is 5.92. The number of ether oxygens (including phenoxy) is 4. The lowest BCUT2D eigenvalue weighted by atomic mass is 9.78. The number of hydrogen-bond donors (Lipinski definition) is 2. The first-order valence-corrected chi connectivity index (χ1v) is 13.4. The fourth-order valence-electron chi connectivity index (χ4n) is 4.94. The number of amides is 1. The van der Waals surface area contributed by atoms with Gasteiger partial charge in [-0.3, -0.25) is 0 Å². The summed E-state index contributed by atoms with van der Waals surface area (Å²) in [6, 6.07) is 6.23. The molecule has 1 aromatic carbocycles. The highest BCUT2D eigenvalue weighted by Gasteiger charge is 2.53. The predicted molar refractivity (Wildman–Crippen MR) is 123 cm³/mol. The van der Waals surface area contributed by atoms with E-state index in [-0.39, 0.29) is 35.2 Å². The highest BCUT2D eigenvalue weighted by molar-refractivity contribution is 7.89. The summed E-state index contributed by atoms with van der Waals surface area (Å²) in [5.74, 6) is 1.43. The zero-order valence-electron chi connectivity index (χ0n) is 19.9. The van der Waals surface area contributed by atoms with Crippen LogP contribution in [0.1, 0.15) is 33.1 Å². The van der Waals surface area contributed by atoms with Crippen molar-refractivity contribution in [3.63, 3.8) is 0 Å². The quantitative estimate of drug-likeness (QED) is 0.353. The molecule has 0 aromatic heterocycles. The molecule has 3 bridgehead atoms. The van der Waals surface area contributed by atoms with Crippen LogP contribution in [-0.4, -0.2) is 71.4 Å². The van der Waals surface area contributed by atoms with E-state index in [2.05, 4.69) is 10.1 Å². The van der Waals surface area contributed by atoms with Crippen LogP contribution in [-0.2, 0) is 24.2 Å². The largest absolute Gasteiger partial charge is 0.497 e. The van der Waals surface area contributed by atoms with Crippen molar-refractivity contribution in [2.24, 2.45) is 17.8 Å². The summed E-state index contributed by atoms with van der Waals surface area (Å²) in [5, 5.41) is 4.45. The molecule has 1 aromatic rings. The third kappa shape index (κ3) is 6.01. The molecule has 0 spiro atoms. The number of nitrogens with one attached hydrogen (secondary N) is 2. The molecule has 1 amide bonds. The molecular formula is C23H35N3O7S. The van der Waals surface area contributed by atoms with Gasteiger partial charge in [-0.2, -0.15) is 0 Å². The lowest BCUT2D eigenvalue weighted by Gasteiger charge is -2.36. The van der Waals surface area contributed by atoms with Gasteiger partial charge in [-0.25, -0.2) is 18.2 Å². The Balaban J connectivity index is 1.24. The molecule has 2 aliphatic heterocycles. The van der Waals surface area contributed by atoms with Crippen molar-refractivity contribution in [1.82, 2.24) is 15.2 Å². The number of hydrazine groups is 1. The van der Waals surface area contributed by atoms with Gasteiger partial charge in [0.25, 0.3) is 10.0 Å². The van der Waals surface area contributed by atoms with Crippen LogP contribution < -0.4 is 14.9 Å². The number of fused-ring (bicyclic) bond motifs is 2. The summed E-state index contributed by atoms with van der Waals surface area (Å²) < 4.78 is 48.0. The smallest absolute Gasteiger partial charge is 0.407 e.